The van der Waals surface area contributed by atoms with E-state index in [0.717, 1.165) is 4.90 Å². The third kappa shape index (κ3) is 2.67. The fraction of sp³-hybridized carbons (Fsp3) is 0.222. The lowest BCUT2D eigenvalue weighted by Crippen LogP contribution is -2.32. The van der Waals surface area contributed by atoms with Gasteiger partial charge in [0.05, 0.1) is 5.69 Å². The summed E-state index contributed by atoms with van der Waals surface area (Å²) in [5, 5.41) is 8.50. The highest BCUT2D eigenvalue weighted by Crippen LogP contribution is 2.09. The third-order valence-corrected chi connectivity index (χ3v) is 1.76. The molecule has 0 bridgehead atoms. The lowest BCUT2D eigenvalue weighted by Gasteiger charge is -2.14. The molecule has 0 spiro atoms. The quantitative estimate of drug-likeness (QED) is 0.719. The van der Waals surface area contributed by atoms with E-state index in [1.165, 1.54) is 19.3 Å². The van der Waals surface area contributed by atoms with Crippen LogP contribution in [0.1, 0.15) is 10.5 Å². The number of rotatable bonds is 3. The molecule has 1 rings (SSSR count). The number of anilines is 1. The second-order valence-corrected chi connectivity index (χ2v) is 3.00. The first-order valence-corrected chi connectivity index (χ1v) is 4.20. The molecule has 0 saturated carbocycles. The highest BCUT2D eigenvalue weighted by molar-refractivity contribution is 5.98. The molecule has 6 nitrogen and oxygen atoms in total. The number of aliphatic carboxylic acids is 1. The number of nitrogen functional groups attached to an aromatic ring is 1. The van der Waals surface area contributed by atoms with Gasteiger partial charge in [-0.15, -0.1) is 0 Å². The van der Waals surface area contributed by atoms with E-state index >= 15 is 0 Å². The number of nitrogens with two attached hydrogens (primary N) is 1. The van der Waals surface area contributed by atoms with Gasteiger partial charge in [0.1, 0.15) is 6.54 Å². The van der Waals surface area contributed by atoms with Crippen LogP contribution in [0.3, 0.4) is 0 Å². The Balaban J connectivity index is 2.85. The van der Waals surface area contributed by atoms with Crippen molar-refractivity contribution in [1.29, 1.82) is 0 Å². The molecule has 1 aromatic heterocycles. The van der Waals surface area contributed by atoms with Crippen molar-refractivity contribution < 1.29 is 14.7 Å². The van der Waals surface area contributed by atoms with Crippen LogP contribution in [0.2, 0.25) is 0 Å². The molecule has 0 aromatic carbocycles. The van der Waals surface area contributed by atoms with Crippen LogP contribution in [0.5, 0.6) is 0 Å². The summed E-state index contributed by atoms with van der Waals surface area (Å²) in [5.41, 5.74) is 5.84. The van der Waals surface area contributed by atoms with E-state index in [-0.39, 0.29) is 17.9 Å². The first-order chi connectivity index (χ1) is 7.02. The van der Waals surface area contributed by atoms with Gasteiger partial charge in [-0.2, -0.15) is 0 Å². The number of pyridine rings is 1. The van der Waals surface area contributed by atoms with Gasteiger partial charge in [-0.05, 0) is 12.1 Å². The number of carbonyl (C=O) groups is 2. The lowest BCUT2D eigenvalue weighted by atomic mass is 10.2. The summed E-state index contributed by atoms with van der Waals surface area (Å²) < 4.78 is 0. The summed E-state index contributed by atoms with van der Waals surface area (Å²) in [7, 11) is 1.38. The Bertz CT molecular complexity index is 392. The maximum atomic E-state index is 11.6. The predicted molar refractivity (Wildman–Crippen MR) is 53.2 cm³/mol. The van der Waals surface area contributed by atoms with Gasteiger partial charge in [-0.1, -0.05) is 0 Å². The molecule has 0 aliphatic rings. The molecule has 15 heavy (non-hydrogen) atoms. The van der Waals surface area contributed by atoms with E-state index in [1.54, 1.807) is 6.07 Å². The van der Waals surface area contributed by atoms with Crippen molar-refractivity contribution in [2.24, 2.45) is 0 Å². The average Bonchev–Trinajstić information content (AvgIpc) is 2.16. The largest absolute Gasteiger partial charge is 0.480 e. The number of nitrogens with zero attached hydrogens (tertiary/aromatic N) is 2. The molecular weight excluding hydrogens is 198 g/mol. The van der Waals surface area contributed by atoms with E-state index in [0.29, 0.717) is 0 Å². The van der Waals surface area contributed by atoms with Crippen molar-refractivity contribution in [3.8, 4) is 0 Å². The summed E-state index contributed by atoms with van der Waals surface area (Å²) in [6.07, 6.45) is 1.43. The van der Waals surface area contributed by atoms with E-state index in [1.807, 2.05) is 0 Å². The van der Waals surface area contributed by atoms with Gasteiger partial charge in [0.2, 0.25) is 0 Å². The predicted octanol–water partition coefficient (Wildman–Crippen LogP) is -0.180. The van der Waals surface area contributed by atoms with Crippen molar-refractivity contribution in [2.75, 3.05) is 19.3 Å². The molecule has 0 aliphatic heterocycles. The number of carbonyl (C=O) groups excluding carboxylic acids is 1. The molecule has 3 N–H and O–H groups in total. The fourth-order valence-corrected chi connectivity index (χ4v) is 1.05. The summed E-state index contributed by atoms with van der Waals surface area (Å²) in [6.45, 7) is -0.380. The monoisotopic (exact) mass is 209 g/mol. The highest BCUT2D eigenvalue weighted by atomic mass is 16.4. The number of amides is 1. The van der Waals surface area contributed by atoms with Crippen LogP contribution in [-0.2, 0) is 4.79 Å². The van der Waals surface area contributed by atoms with Crippen molar-refractivity contribution in [3.63, 3.8) is 0 Å². The molecule has 1 amide bonds. The molecular formula is C9H11N3O3. The highest BCUT2D eigenvalue weighted by Gasteiger charge is 2.17. The number of carboxylic acid groups (broad SMARTS) is 1. The second-order valence-electron chi connectivity index (χ2n) is 3.00. The molecule has 0 radical (unpaired) electrons. The first-order valence-electron chi connectivity index (χ1n) is 4.20. The maximum absolute atomic E-state index is 11.6. The summed E-state index contributed by atoms with van der Waals surface area (Å²) in [6, 6.07) is 3.14. The molecule has 80 valence electrons. The zero-order valence-electron chi connectivity index (χ0n) is 8.17. The van der Waals surface area contributed by atoms with Gasteiger partial charge < -0.3 is 15.7 Å². The lowest BCUT2D eigenvalue weighted by molar-refractivity contribution is -0.137. The second kappa shape index (κ2) is 4.41. The molecule has 1 aromatic rings. The molecule has 6 heteroatoms. The van der Waals surface area contributed by atoms with Crippen molar-refractivity contribution in [3.05, 3.63) is 24.0 Å². The van der Waals surface area contributed by atoms with E-state index < -0.39 is 11.9 Å². The third-order valence-electron chi connectivity index (χ3n) is 1.76. The minimum absolute atomic E-state index is 0.0706. The van der Waals surface area contributed by atoms with Crippen molar-refractivity contribution >= 4 is 17.6 Å². The van der Waals surface area contributed by atoms with Crippen LogP contribution in [0.15, 0.2) is 18.3 Å². The summed E-state index contributed by atoms with van der Waals surface area (Å²) in [5.74, 6) is -1.59. The molecule has 0 saturated heterocycles. The SMILES string of the molecule is CN(CC(=O)O)C(=O)c1ncccc1N. The van der Waals surface area contributed by atoms with Crippen LogP contribution >= 0.6 is 0 Å². The zero-order valence-corrected chi connectivity index (χ0v) is 8.17. The minimum Gasteiger partial charge on any atom is -0.480 e. The Morgan fingerprint density at radius 2 is 2.27 bits per heavy atom. The van der Waals surface area contributed by atoms with Crippen LogP contribution in [0, 0.1) is 0 Å². The van der Waals surface area contributed by atoms with Crippen LogP contribution < -0.4 is 5.73 Å². The fourth-order valence-electron chi connectivity index (χ4n) is 1.05. The van der Waals surface area contributed by atoms with E-state index in [2.05, 4.69) is 4.98 Å². The standard InChI is InChI=1S/C9H11N3O3/c1-12(5-7(13)14)9(15)8-6(10)3-2-4-11-8/h2-4H,5,10H2,1H3,(H,13,14). The number of aromatic nitrogens is 1. The maximum Gasteiger partial charge on any atom is 0.323 e. The topological polar surface area (TPSA) is 96.5 Å². The molecule has 0 fully saturated rings. The number of carboxylic acids is 1. The van der Waals surface area contributed by atoms with Gasteiger partial charge in [0.15, 0.2) is 5.69 Å². The number of hydrogen-bond donors (Lipinski definition) is 2. The van der Waals surface area contributed by atoms with Gasteiger partial charge in [0, 0.05) is 13.2 Å². The average molecular weight is 209 g/mol. The number of hydrogen-bond acceptors (Lipinski definition) is 4. The first kappa shape index (κ1) is 11.0. The Hall–Kier alpha value is -2.11. The normalized spacial score (nSPS) is 9.67. The minimum atomic E-state index is -1.08. The smallest absolute Gasteiger partial charge is 0.323 e. The Morgan fingerprint density at radius 3 is 2.80 bits per heavy atom. The van der Waals surface area contributed by atoms with E-state index in [9.17, 15) is 9.59 Å². The van der Waals surface area contributed by atoms with Crippen LogP contribution in [0.25, 0.3) is 0 Å². The zero-order chi connectivity index (χ0) is 11.4. The molecule has 1 heterocycles. The van der Waals surface area contributed by atoms with Gasteiger partial charge in [-0.3, -0.25) is 9.59 Å². The summed E-state index contributed by atoms with van der Waals surface area (Å²) >= 11 is 0. The van der Waals surface area contributed by atoms with Gasteiger partial charge in [0.25, 0.3) is 5.91 Å². The Kier molecular flexibility index (Phi) is 3.22. The molecule has 0 aliphatic carbocycles. The Labute approximate surface area is 86.3 Å². The molecule has 0 atom stereocenters. The molecule has 0 unspecified atom stereocenters. The van der Waals surface area contributed by atoms with Crippen LogP contribution in [0.4, 0.5) is 5.69 Å². The van der Waals surface area contributed by atoms with Gasteiger partial charge in [-0.25, -0.2) is 4.98 Å². The van der Waals surface area contributed by atoms with Gasteiger partial charge >= 0.3 is 5.97 Å². The van der Waals surface area contributed by atoms with E-state index in [4.69, 9.17) is 10.8 Å². The summed E-state index contributed by atoms with van der Waals surface area (Å²) in [4.78, 5) is 26.8. The number of likely N-dealkylation sites (N-methyl/N-ethyl adjacent to an activating group) is 1. The van der Waals surface area contributed by atoms with Crippen molar-refractivity contribution in [1.82, 2.24) is 9.88 Å². The van der Waals surface area contributed by atoms with Crippen LogP contribution in [-0.4, -0.2) is 40.5 Å². The Morgan fingerprint density at radius 1 is 1.60 bits per heavy atom. The van der Waals surface area contributed by atoms with Crippen molar-refractivity contribution in [2.45, 2.75) is 0 Å².